The summed E-state index contributed by atoms with van der Waals surface area (Å²) in [6, 6.07) is 3.15. The average Bonchev–Trinajstić information content (AvgIpc) is 2.04. The number of rotatable bonds is 3. The van der Waals surface area contributed by atoms with Crippen LogP contribution in [0, 0.1) is 0 Å². The number of hydrogen-bond donors (Lipinski definition) is 2. The molecule has 0 atom stereocenters. The van der Waals surface area contributed by atoms with Gasteiger partial charge in [-0.3, -0.25) is 18.9 Å². The van der Waals surface area contributed by atoms with Gasteiger partial charge in [-0.2, -0.15) is 0 Å². The van der Waals surface area contributed by atoms with Crippen molar-refractivity contribution in [1.82, 2.24) is 0 Å². The lowest BCUT2D eigenvalue weighted by Crippen LogP contribution is -1.96. The van der Waals surface area contributed by atoms with Crippen LogP contribution in [0.3, 0.4) is 0 Å². The molecule has 7 heteroatoms. The Kier molecular flexibility index (Phi) is 2.58. The zero-order valence-corrected chi connectivity index (χ0v) is 9.60. The number of benzene rings is 1. The van der Waals surface area contributed by atoms with Crippen LogP contribution in [0.25, 0.3) is 11.2 Å². The van der Waals surface area contributed by atoms with Crippen molar-refractivity contribution in [1.29, 1.82) is 0 Å². The molecule has 1 heterocycles. The Bertz CT molecular complexity index is 545. The topological polar surface area (TPSA) is 93.0 Å². The second-order valence-electron chi connectivity index (χ2n) is 3.71. The van der Waals surface area contributed by atoms with Crippen molar-refractivity contribution in [3.8, 4) is 5.75 Å². The fraction of sp³-hybridized carbons (Fsp3) is 0.333. The highest BCUT2D eigenvalue weighted by molar-refractivity contribution is 7.46. The molecule has 0 aliphatic rings. The predicted octanol–water partition coefficient (Wildman–Crippen LogP) is 2.62. The molecule has 0 amide bonds. The Morgan fingerprint density at radius 1 is 1.25 bits per heavy atom. The molecule has 0 fully saturated rings. The number of hydrogen-bond acceptors (Lipinski definition) is 4. The van der Waals surface area contributed by atoms with E-state index in [1.54, 1.807) is 6.07 Å². The van der Waals surface area contributed by atoms with E-state index < -0.39 is 7.82 Å². The Morgan fingerprint density at radius 3 is 2.31 bits per heavy atom. The van der Waals surface area contributed by atoms with Crippen molar-refractivity contribution in [3.05, 3.63) is 17.7 Å². The van der Waals surface area contributed by atoms with Gasteiger partial charge in [0.15, 0.2) is 5.75 Å². The van der Waals surface area contributed by atoms with Crippen LogP contribution in [0.4, 0.5) is 0 Å². The molecule has 0 aliphatic carbocycles. The fourth-order valence-electron chi connectivity index (χ4n) is 1.43. The van der Waals surface area contributed by atoms with Gasteiger partial charge < -0.3 is 4.52 Å². The van der Waals surface area contributed by atoms with Gasteiger partial charge in [0.25, 0.3) is 5.58 Å². The molecule has 2 N–H and O–H groups in total. The van der Waals surface area contributed by atoms with Gasteiger partial charge in [-0.05, 0) is 12.0 Å². The number of fused-ring (bicyclic) bond motifs is 1. The summed E-state index contributed by atoms with van der Waals surface area (Å²) in [6.45, 7) is 3.95. The summed E-state index contributed by atoms with van der Waals surface area (Å²) < 4.78 is 24.6. The van der Waals surface area contributed by atoms with Crippen LogP contribution in [-0.4, -0.2) is 9.79 Å². The molecule has 1 aromatic heterocycles. The lowest BCUT2D eigenvalue weighted by Gasteiger charge is -2.12. The van der Waals surface area contributed by atoms with Gasteiger partial charge in [0, 0.05) is 5.56 Å². The van der Waals surface area contributed by atoms with Crippen LogP contribution in [0.15, 0.2) is 21.3 Å². The molecule has 6 nitrogen and oxygen atoms in total. The highest BCUT2D eigenvalue weighted by Crippen LogP contribution is 2.43. The van der Waals surface area contributed by atoms with E-state index in [-0.39, 0.29) is 17.3 Å². The predicted molar refractivity (Wildman–Crippen MR) is 55.2 cm³/mol. The average molecular weight is 246 g/mol. The third-order valence-corrected chi connectivity index (χ3v) is 2.59. The van der Waals surface area contributed by atoms with Crippen molar-refractivity contribution < 1.29 is 28.0 Å². The summed E-state index contributed by atoms with van der Waals surface area (Å²) in [6.07, 6.45) is 0. The van der Waals surface area contributed by atoms with Gasteiger partial charge in [-0.15, -0.1) is 0 Å². The minimum atomic E-state index is -4.57. The molecular weight excluding hydrogens is 235 g/mol. The van der Waals surface area contributed by atoms with Crippen LogP contribution in [-0.2, 0) is 4.57 Å². The lowest BCUT2D eigenvalue weighted by molar-refractivity contribution is 0.0559. The van der Waals surface area contributed by atoms with E-state index in [2.05, 4.69) is 9.10 Å². The fourth-order valence-corrected chi connectivity index (χ4v) is 1.83. The number of phosphoric acid groups is 1. The summed E-state index contributed by atoms with van der Waals surface area (Å²) in [5.41, 5.74) is 1.61. The third kappa shape index (κ3) is 2.00. The minimum Gasteiger partial charge on any atom is -0.400 e. The first-order valence-electron chi connectivity index (χ1n) is 4.65. The van der Waals surface area contributed by atoms with Gasteiger partial charge in [0.2, 0.25) is 5.58 Å². The Balaban J connectivity index is 2.45. The van der Waals surface area contributed by atoms with Gasteiger partial charge in [0.1, 0.15) is 0 Å². The monoisotopic (exact) mass is 246 g/mol. The molecule has 0 bridgehead atoms. The maximum absolute atomic E-state index is 10.7. The van der Waals surface area contributed by atoms with E-state index in [0.717, 1.165) is 5.56 Å². The summed E-state index contributed by atoms with van der Waals surface area (Å²) >= 11 is 0. The quantitative estimate of drug-likeness (QED) is 0.638. The molecule has 1 aromatic carbocycles. The van der Waals surface area contributed by atoms with Crippen LogP contribution in [0.5, 0.6) is 5.75 Å². The van der Waals surface area contributed by atoms with Gasteiger partial charge in [0.05, 0.1) is 0 Å². The minimum absolute atomic E-state index is 0.0148. The smallest absolute Gasteiger partial charge is 0.400 e. The van der Waals surface area contributed by atoms with Gasteiger partial charge in [-0.1, -0.05) is 19.9 Å². The Morgan fingerprint density at radius 2 is 1.88 bits per heavy atom. The second kappa shape index (κ2) is 3.66. The molecule has 0 unspecified atom stereocenters. The molecule has 2 rings (SSSR count). The van der Waals surface area contributed by atoms with E-state index in [9.17, 15) is 4.57 Å². The summed E-state index contributed by atoms with van der Waals surface area (Å²) in [4.78, 5) is 17.4. The zero-order valence-electron chi connectivity index (χ0n) is 8.71. The zero-order chi connectivity index (χ0) is 11.9. The molecule has 88 valence electrons. The SMILES string of the molecule is CC(C)c1ccc(OP(=O)(O)O)c2ooc12. The maximum Gasteiger partial charge on any atom is 0.524 e. The standard InChI is InChI=1S/C9H11O6P/c1-5(2)6-3-4-7(15-16(10,11)12)9-8(6)13-14-9/h3-5H,1-2H3,(H2,10,11,12). The first-order chi connectivity index (χ1) is 7.38. The van der Waals surface area contributed by atoms with E-state index in [4.69, 9.17) is 14.4 Å². The maximum atomic E-state index is 10.7. The molecular formula is C9H11O6P. The van der Waals surface area contributed by atoms with Crippen molar-refractivity contribution in [2.45, 2.75) is 19.8 Å². The van der Waals surface area contributed by atoms with Crippen molar-refractivity contribution >= 4 is 19.0 Å². The lowest BCUT2D eigenvalue weighted by atomic mass is 10.0. The largest absolute Gasteiger partial charge is 0.524 e. The first-order valence-corrected chi connectivity index (χ1v) is 6.18. The van der Waals surface area contributed by atoms with E-state index in [0.29, 0.717) is 5.58 Å². The Labute approximate surface area is 91.0 Å². The van der Waals surface area contributed by atoms with Crippen LogP contribution in [0.2, 0.25) is 0 Å². The van der Waals surface area contributed by atoms with Crippen LogP contribution >= 0.6 is 7.82 Å². The van der Waals surface area contributed by atoms with E-state index >= 15 is 0 Å². The van der Waals surface area contributed by atoms with Crippen molar-refractivity contribution in [2.24, 2.45) is 0 Å². The summed E-state index contributed by atoms with van der Waals surface area (Å²) in [7, 11) is -4.57. The first kappa shape index (κ1) is 11.3. The summed E-state index contributed by atoms with van der Waals surface area (Å²) in [5.74, 6) is 0.209. The van der Waals surface area contributed by atoms with Crippen molar-refractivity contribution in [2.75, 3.05) is 0 Å². The Hall–Kier alpha value is -1.23. The highest BCUT2D eigenvalue weighted by Gasteiger charge is 2.24. The molecule has 0 saturated heterocycles. The van der Waals surface area contributed by atoms with E-state index in [1.165, 1.54) is 6.07 Å². The van der Waals surface area contributed by atoms with Crippen LogP contribution < -0.4 is 4.52 Å². The third-order valence-electron chi connectivity index (χ3n) is 2.15. The molecule has 0 saturated carbocycles. The molecule has 0 radical (unpaired) electrons. The normalized spacial score (nSPS) is 12.6. The van der Waals surface area contributed by atoms with Gasteiger partial charge >= 0.3 is 7.82 Å². The molecule has 0 aliphatic heterocycles. The highest BCUT2D eigenvalue weighted by atomic mass is 31.2. The molecule has 16 heavy (non-hydrogen) atoms. The molecule has 2 aromatic rings. The van der Waals surface area contributed by atoms with Crippen molar-refractivity contribution in [3.63, 3.8) is 0 Å². The van der Waals surface area contributed by atoms with Crippen LogP contribution in [0.1, 0.15) is 25.3 Å². The number of phosphoric ester groups is 1. The molecule has 0 spiro atoms. The van der Waals surface area contributed by atoms with Gasteiger partial charge in [-0.25, -0.2) is 4.57 Å². The summed E-state index contributed by atoms with van der Waals surface area (Å²) in [5, 5.41) is 0. The van der Waals surface area contributed by atoms with E-state index in [1.807, 2.05) is 13.8 Å². The second-order valence-corrected chi connectivity index (χ2v) is 4.88.